The molecular weight excluding hydrogens is 884 g/mol. The van der Waals surface area contributed by atoms with Gasteiger partial charge in [0, 0.05) is 13.0 Å². The van der Waals surface area contributed by atoms with Crippen molar-refractivity contribution in [1.29, 1.82) is 0 Å². The van der Waals surface area contributed by atoms with Gasteiger partial charge in [0.15, 0.2) is 0 Å². The highest BCUT2D eigenvalue weighted by Crippen LogP contribution is 2.47. The van der Waals surface area contributed by atoms with Crippen LogP contribution in [0.15, 0.2) is 97.2 Å². The van der Waals surface area contributed by atoms with Crippen LogP contribution in [0.1, 0.15) is 181 Å². The first-order chi connectivity index (χ1) is 33.0. The van der Waals surface area contributed by atoms with Crippen molar-refractivity contribution in [3.05, 3.63) is 97.2 Å². The Labute approximate surface area is 411 Å². The maximum atomic E-state index is 12.9. The van der Waals surface area contributed by atoms with E-state index in [2.05, 4.69) is 111 Å². The third-order valence-corrected chi connectivity index (χ3v) is 12.4. The van der Waals surface area contributed by atoms with Gasteiger partial charge in [0.1, 0.15) is 42.7 Å². The summed E-state index contributed by atoms with van der Waals surface area (Å²) in [6.07, 6.45) is 49.1. The number of aliphatic hydroxyl groups is 5. The molecule has 1 rings (SSSR count). The molecule has 0 amide bonds. The van der Waals surface area contributed by atoms with Gasteiger partial charge in [-0.25, -0.2) is 4.57 Å². The Hall–Kier alpha value is -2.74. The van der Waals surface area contributed by atoms with Crippen LogP contribution in [-0.4, -0.2) is 98.9 Å². The average Bonchev–Trinajstić information content (AvgIpc) is 3.32. The Bertz CT molecular complexity index is 1490. The minimum Gasteiger partial charge on any atom is -0.457 e. The molecule has 0 radical (unpaired) electrons. The Kier molecular flexibility index (Phi) is 41.1. The lowest BCUT2D eigenvalue weighted by atomic mass is 9.85. The van der Waals surface area contributed by atoms with Crippen LogP contribution < -0.4 is 0 Å². The number of rotatable bonds is 43. The van der Waals surface area contributed by atoms with E-state index in [1.54, 1.807) is 0 Å². The Morgan fingerprint density at radius 3 is 1.32 bits per heavy atom. The lowest BCUT2D eigenvalue weighted by Gasteiger charge is -2.41. The van der Waals surface area contributed by atoms with Crippen LogP contribution in [0.4, 0.5) is 0 Å². The van der Waals surface area contributed by atoms with Gasteiger partial charge < -0.3 is 39.9 Å². The second kappa shape index (κ2) is 44.2. The first kappa shape index (κ1) is 63.3. The van der Waals surface area contributed by atoms with Gasteiger partial charge in [-0.1, -0.05) is 182 Å². The summed E-state index contributed by atoms with van der Waals surface area (Å²) in [5, 5.41) is 50.3. The summed E-state index contributed by atoms with van der Waals surface area (Å²) < 4.78 is 34.2. The number of aliphatic hydroxyl groups excluding tert-OH is 5. The summed E-state index contributed by atoms with van der Waals surface area (Å²) in [6, 6.07) is 0. The first-order valence-corrected chi connectivity index (χ1v) is 27.6. The van der Waals surface area contributed by atoms with Crippen molar-refractivity contribution in [3.63, 3.8) is 0 Å². The molecular formula is C55H93O12P. The second-order valence-corrected chi connectivity index (χ2v) is 19.0. The van der Waals surface area contributed by atoms with Gasteiger partial charge in [-0.2, -0.15) is 0 Å². The van der Waals surface area contributed by atoms with Crippen molar-refractivity contribution in [2.24, 2.45) is 0 Å². The Morgan fingerprint density at radius 1 is 0.485 bits per heavy atom. The topological polar surface area (TPSA) is 192 Å². The number of hydrogen-bond acceptors (Lipinski definition) is 11. The van der Waals surface area contributed by atoms with Crippen LogP contribution in [0.3, 0.4) is 0 Å². The van der Waals surface area contributed by atoms with Gasteiger partial charge in [0.25, 0.3) is 0 Å². The van der Waals surface area contributed by atoms with Crippen molar-refractivity contribution in [1.82, 2.24) is 0 Å². The van der Waals surface area contributed by atoms with Gasteiger partial charge in [-0.15, -0.1) is 0 Å². The Morgan fingerprint density at radius 2 is 0.868 bits per heavy atom. The van der Waals surface area contributed by atoms with Crippen molar-refractivity contribution in [2.75, 3.05) is 19.8 Å². The third kappa shape index (κ3) is 35.4. The molecule has 1 fully saturated rings. The van der Waals surface area contributed by atoms with E-state index in [0.717, 1.165) is 83.5 Å². The highest BCUT2D eigenvalue weighted by atomic mass is 31.2. The van der Waals surface area contributed by atoms with Crippen LogP contribution in [0.5, 0.6) is 0 Å². The van der Waals surface area contributed by atoms with E-state index < -0.39 is 63.1 Å². The fraction of sp³-hybridized carbons (Fsp3) is 0.691. The molecule has 1 aliphatic rings. The quantitative estimate of drug-likeness (QED) is 0.0147. The predicted molar refractivity (Wildman–Crippen MR) is 276 cm³/mol. The number of phosphoric ester groups is 1. The number of esters is 1. The van der Waals surface area contributed by atoms with Crippen molar-refractivity contribution < 1.29 is 58.3 Å². The zero-order chi connectivity index (χ0) is 49.8. The number of phosphoric acid groups is 1. The summed E-state index contributed by atoms with van der Waals surface area (Å²) in [6.45, 7) is 3.99. The molecule has 68 heavy (non-hydrogen) atoms. The number of unbranched alkanes of at least 4 members (excludes halogenated alkanes) is 15. The van der Waals surface area contributed by atoms with Crippen LogP contribution in [0, 0.1) is 0 Å². The largest absolute Gasteiger partial charge is 0.472 e. The SMILES string of the molecule is CC/C=C\C/C=C\C/C=C\C/C=C\C/C=C\C/C=C\CCCOCC(COP(=O)(O)OC1C(O)C(O)C(O)C(O)C1O)OC(=O)CCCCCCCCCCC/C=C\C/C=C\CCCCCCC. The first-order valence-electron chi connectivity index (χ1n) is 26.1. The van der Waals surface area contributed by atoms with E-state index in [4.69, 9.17) is 18.5 Å². The fourth-order valence-corrected chi connectivity index (χ4v) is 8.32. The van der Waals surface area contributed by atoms with E-state index in [1.165, 1.54) is 64.2 Å². The van der Waals surface area contributed by atoms with Crippen LogP contribution >= 0.6 is 7.82 Å². The predicted octanol–water partition coefficient (Wildman–Crippen LogP) is 11.9. The highest BCUT2D eigenvalue weighted by Gasteiger charge is 2.51. The summed E-state index contributed by atoms with van der Waals surface area (Å²) >= 11 is 0. The maximum absolute atomic E-state index is 12.9. The molecule has 0 bridgehead atoms. The number of hydrogen-bond donors (Lipinski definition) is 6. The van der Waals surface area contributed by atoms with E-state index >= 15 is 0 Å². The molecule has 0 heterocycles. The molecule has 0 aromatic carbocycles. The molecule has 1 saturated carbocycles. The van der Waals surface area contributed by atoms with Crippen LogP contribution in [0.2, 0.25) is 0 Å². The van der Waals surface area contributed by atoms with E-state index in [0.29, 0.717) is 19.4 Å². The molecule has 0 aliphatic heterocycles. The number of allylic oxidation sites excluding steroid dienone is 16. The minimum absolute atomic E-state index is 0.124. The normalized spacial score (nSPS) is 21.9. The molecule has 1 aliphatic carbocycles. The standard InChI is InChI=1S/C55H93O12P/c1-3-5-7-9-11-13-15-17-19-21-23-25-26-28-30-32-34-36-38-40-42-44-49(56)66-48(47-65-68(62,63)67-55-53(60)51(58)50(57)52(59)54(55)61)46-64-45-43-41-39-37-35-33-31-29-27-24-22-20-18-16-14-12-10-8-6-4-2/h6,8,12,14-15,17-18,20-21,23-24,27,31,33,37,39,48,50-55,57-61H,3-5,7,9-11,13,16,19,22,25-26,28-30,32,34-36,38,40-47H2,1-2H3,(H,62,63)/b8-6-,14-12-,17-15-,20-18-,23-21-,27-24-,33-31-,39-37-. The molecule has 0 aromatic rings. The molecule has 6 N–H and O–H groups in total. The van der Waals surface area contributed by atoms with Gasteiger partial charge in [0.2, 0.25) is 0 Å². The van der Waals surface area contributed by atoms with E-state index in [1.807, 2.05) is 0 Å². The number of carbonyl (C=O) groups excluding carboxylic acids is 1. The van der Waals surface area contributed by atoms with Crippen LogP contribution in [0.25, 0.3) is 0 Å². The molecule has 13 heteroatoms. The molecule has 0 aromatic heterocycles. The molecule has 0 spiro atoms. The van der Waals surface area contributed by atoms with Crippen molar-refractivity contribution in [3.8, 4) is 0 Å². The summed E-state index contributed by atoms with van der Waals surface area (Å²) in [5.74, 6) is -0.505. The van der Waals surface area contributed by atoms with Crippen molar-refractivity contribution in [2.45, 2.75) is 224 Å². The van der Waals surface area contributed by atoms with Crippen LogP contribution in [-0.2, 0) is 27.9 Å². The summed E-state index contributed by atoms with van der Waals surface area (Å²) in [4.78, 5) is 23.3. The molecule has 6 unspecified atom stereocenters. The monoisotopic (exact) mass is 977 g/mol. The molecule has 0 saturated heterocycles. The number of ether oxygens (including phenoxy) is 2. The van der Waals surface area contributed by atoms with Gasteiger partial charge in [-0.3, -0.25) is 13.8 Å². The maximum Gasteiger partial charge on any atom is 0.472 e. The molecule has 12 nitrogen and oxygen atoms in total. The van der Waals surface area contributed by atoms with Gasteiger partial charge in [0.05, 0.1) is 13.2 Å². The summed E-state index contributed by atoms with van der Waals surface area (Å²) in [7, 11) is -5.05. The minimum atomic E-state index is -5.05. The van der Waals surface area contributed by atoms with E-state index in [-0.39, 0.29) is 13.0 Å². The smallest absolute Gasteiger partial charge is 0.457 e. The Balaban J connectivity index is 2.40. The average molecular weight is 977 g/mol. The van der Waals surface area contributed by atoms with E-state index in [9.17, 15) is 39.8 Å². The second-order valence-electron chi connectivity index (χ2n) is 17.6. The molecule has 6 atom stereocenters. The zero-order valence-corrected chi connectivity index (χ0v) is 42.8. The zero-order valence-electron chi connectivity index (χ0n) is 41.9. The lowest BCUT2D eigenvalue weighted by Crippen LogP contribution is -2.64. The van der Waals surface area contributed by atoms with Gasteiger partial charge >= 0.3 is 13.8 Å². The highest BCUT2D eigenvalue weighted by molar-refractivity contribution is 7.47. The fourth-order valence-electron chi connectivity index (χ4n) is 7.34. The van der Waals surface area contributed by atoms with Gasteiger partial charge in [-0.05, 0) is 89.9 Å². The van der Waals surface area contributed by atoms with Crippen molar-refractivity contribution >= 4 is 13.8 Å². The lowest BCUT2D eigenvalue weighted by molar-refractivity contribution is -0.220. The third-order valence-electron chi connectivity index (χ3n) is 11.4. The number of carbonyl (C=O) groups is 1. The summed E-state index contributed by atoms with van der Waals surface area (Å²) in [5.41, 5.74) is 0. The molecule has 390 valence electrons.